The van der Waals surface area contributed by atoms with Gasteiger partial charge >= 0.3 is 5.97 Å². The Morgan fingerprint density at radius 1 is 1.31 bits per heavy atom. The third kappa shape index (κ3) is 2.76. The normalized spacial score (nSPS) is 47.2. The van der Waals surface area contributed by atoms with Crippen LogP contribution in [0.2, 0.25) is 0 Å². The lowest BCUT2D eigenvalue weighted by atomic mass is 9.45. The molecule has 3 fully saturated rings. The molecule has 0 amide bonds. The maximum absolute atomic E-state index is 17.2. The summed E-state index contributed by atoms with van der Waals surface area (Å²) < 4.78 is 23.1. The summed E-state index contributed by atoms with van der Waals surface area (Å²) in [6.07, 6.45) is 5.37. The van der Waals surface area contributed by atoms with Crippen LogP contribution in [0, 0.1) is 28.6 Å². The van der Waals surface area contributed by atoms with E-state index in [0.717, 1.165) is 0 Å². The van der Waals surface area contributed by atoms with Crippen LogP contribution in [0.4, 0.5) is 4.39 Å². The molecule has 1 N–H and O–H groups in total. The molecule has 0 aromatic rings. The van der Waals surface area contributed by atoms with Gasteiger partial charge in [0.15, 0.2) is 17.1 Å². The van der Waals surface area contributed by atoms with Crippen molar-refractivity contribution < 1.29 is 28.6 Å². The van der Waals surface area contributed by atoms with E-state index in [1.807, 2.05) is 20.8 Å². The highest BCUT2D eigenvalue weighted by Gasteiger charge is 2.77. The van der Waals surface area contributed by atoms with Crippen molar-refractivity contribution in [1.29, 1.82) is 0 Å². The summed E-state index contributed by atoms with van der Waals surface area (Å²) in [5.41, 5.74) is -4.82. The topological polar surface area (TPSA) is 80.7 Å². The first-order valence-corrected chi connectivity index (χ1v) is 12.1. The van der Waals surface area contributed by atoms with E-state index in [0.29, 0.717) is 31.3 Å². The van der Waals surface area contributed by atoms with E-state index < -0.39 is 45.2 Å². The predicted molar refractivity (Wildman–Crippen MR) is 121 cm³/mol. The molecular weight excluding hydrogens is 431 g/mol. The Morgan fingerprint density at radius 2 is 2.00 bits per heavy atom. The predicted octanol–water partition coefficient (Wildman–Crippen LogP) is 4.14. The molecule has 0 aliphatic heterocycles. The second kappa shape index (κ2) is 7.52. The maximum Gasteiger partial charge on any atom is 0.306 e. The number of esters is 1. The van der Waals surface area contributed by atoms with Crippen LogP contribution in [0.1, 0.15) is 66.2 Å². The van der Waals surface area contributed by atoms with Gasteiger partial charge in [-0.25, -0.2) is 4.39 Å². The van der Waals surface area contributed by atoms with Gasteiger partial charge in [-0.2, -0.15) is 0 Å². The number of fused-ring (bicyclic) bond motifs is 5. The van der Waals surface area contributed by atoms with E-state index in [1.54, 1.807) is 13.0 Å². The van der Waals surface area contributed by atoms with Crippen molar-refractivity contribution in [2.45, 2.75) is 83.6 Å². The second-order valence-corrected chi connectivity index (χ2v) is 11.1. The van der Waals surface area contributed by atoms with Crippen molar-refractivity contribution in [2.75, 3.05) is 0 Å². The first-order chi connectivity index (χ1) is 14.9. The van der Waals surface area contributed by atoms with Gasteiger partial charge in [-0.1, -0.05) is 32.4 Å². The lowest BCUT2D eigenvalue weighted by Crippen LogP contribution is -2.69. The SMILES string of the molecule is CCCC(=O)O[C@]1(C(=O)S)[C@@H](C)C[C@H]2[C@@H]3CCC4=CC(=O)C=C[C@]4(C)[C@@]3(F)[C@@H](O)C[C@@]21C. The zero-order valence-corrected chi connectivity index (χ0v) is 20.1. The van der Waals surface area contributed by atoms with Crippen LogP contribution < -0.4 is 0 Å². The van der Waals surface area contributed by atoms with Crippen molar-refractivity contribution in [3.05, 3.63) is 23.8 Å². The summed E-state index contributed by atoms with van der Waals surface area (Å²) in [6.45, 7) is 7.33. The largest absolute Gasteiger partial charge is 0.449 e. The van der Waals surface area contributed by atoms with E-state index in [1.165, 1.54) is 12.2 Å². The highest BCUT2D eigenvalue weighted by molar-refractivity contribution is 7.96. The summed E-state index contributed by atoms with van der Waals surface area (Å²) in [5, 5.41) is 10.8. The number of ketones is 1. The van der Waals surface area contributed by atoms with Crippen molar-refractivity contribution in [3.63, 3.8) is 0 Å². The van der Waals surface area contributed by atoms with Crippen molar-refractivity contribution in [1.82, 2.24) is 0 Å². The van der Waals surface area contributed by atoms with Crippen LogP contribution in [-0.2, 0) is 19.1 Å². The molecule has 0 saturated heterocycles. The summed E-state index contributed by atoms with van der Waals surface area (Å²) in [5.74, 6) is -1.80. The molecule has 0 aromatic carbocycles. The Bertz CT molecular complexity index is 929. The number of alkyl halides is 1. The first-order valence-electron chi connectivity index (χ1n) is 11.6. The number of carbonyl (C=O) groups is 3. The van der Waals surface area contributed by atoms with Gasteiger partial charge in [0.25, 0.3) is 0 Å². The minimum Gasteiger partial charge on any atom is -0.449 e. The number of thiol groups is 1. The van der Waals surface area contributed by atoms with Crippen molar-refractivity contribution >= 4 is 29.5 Å². The van der Waals surface area contributed by atoms with E-state index >= 15 is 4.39 Å². The third-order valence-electron chi connectivity index (χ3n) is 9.23. The average Bonchev–Trinajstić information content (AvgIpc) is 2.92. The Kier molecular flexibility index (Phi) is 5.57. The molecule has 0 aromatic heterocycles. The molecule has 8 atom stereocenters. The van der Waals surface area contributed by atoms with Crippen LogP contribution in [0.3, 0.4) is 0 Å². The molecule has 0 bridgehead atoms. The number of allylic oxidation sites excluding steroid dienone is 4. The minimum absolute atomic E-state index is 0.0225. The molecule has 4 rings (SSSR count). The smallest absolute Gasteiger partial charge is 0.306 e. The lowest BCUT2D eigenvalue weighted by Gasteiger charge is -2.62. The Labute approximate surface area is 194 Å². The van der Waals surface area contributed by atoms with Crippen LogP contribution in [-0.4, -0.2) is 39.3 Å². The zero-order chi connectivity index (χ0) is 23.7. The number of ether oxygens (including phenoxy) is 1. The van der Waals surface area contributed by atoms with E-state index in [2.05, 4.69) is 12.6 Å². The molecule has 0 unspecified atom stereocenters. The van der Waals surface area contributed by atoms with Crippen LogP contribution in [0.15, 0.2) is 23.8 Å². The van der Waals surface area contributed by atoms with Gasteiger partial charge in [0.1, 0.15) is 0 Å². The van der Waals surface area contributed by atoms with E-state index in [9.17, 15) is 19.5 Å². The molecule has 4 aliphatic carbocycles. The van der Waals surface area contributed by atoms with Gasteiger partial charge in [-0.05, 0) is 57.1 Å². The zero-order valence-electron chi connectivity index (χ0n) is 19.2. The minimum atomic E-state index is -1.98. The summed E-state index contributed by atoms with van der Waals surface area (Å²) in [4.78, 5) is 37.5. The third-order valence-corrected chi connectivity index (χ3v) is 9.56. The molecule has 5 nitrogen and oxygen atoms in total. The van der Waals surface area contributed by atoms with Crippen molar-refractivity contribution in [3.8, 4) is 0 Å². The highest BCUT2D eigenvalue weighted by Crippen LogP contribution is 2.71. The lowest BCUT2D eigenvalue weighted by molar-refractivity contribution is -0.225. The van der Waals surface area contributed by atoms with Gasteiger partial charge < -0.3 is 9.84 Å². The molecular formula is C25H33FO5S. The maximum atomic E-state index is 17.2. The summed E-state index contributed by atoms with van der Waals surface area (Å²) >= 11 is 4.17. The molecule has 32 heavy (non-hydrogen) atoms. The number of halogens is 1. The monoisotopic (exact) mass is 464 g/mol. The van der Waals surface area contributed by atoms with Gasteiger partial charge in [0.2, 0.25) is 5.12 Å². The molecule has 7 heteroatoms. The number of hydrogen-bond donors (Lipinski definition) is 2. The highest BCUT2D eigenvalue weighted by atomic mass is 32.1. The second-order valence-electron chi connectivity index (χ2n) is 10.7. The van der Waals surface area contributed by atoms with Crippen molar-refractivity contribution in [2.24, 2.45) is 28.6 Å². The fraction of sp³-hybridized carbons (Fsp3) is 0.720. The number of aliphatic hydroxyl groups is 1. The first kappa shape index (κ1) is 23.7. The molecule has 0 spiro atoms. The molecule has 0 heterocycles. The fourth-order valence-corrected chi connectivity index (χ4v) is 8.20. The number of carbonyl (C=O) groups excluding carboxylic acids is 3. The molecule has 0 radical (unpaired) electrons. The Hall–Kier alpha value is -1.47. The molecule has 3 saturated carbocycles. The fourth-order valence-electron chi connectivity index (χ4n) is 7.68. The molecule has 4 aliphatic rings. The average molecular weight is 465 g/mol. The van der Waals surface area contributed by atoms with E-state index in [-0.39, 0.29) is 30.5 Å². The van der Waals surface area contributed by atoms with Gasteiger partial charge in [-0.3, -0.25) is 14.4 Å². The number of rotatable bonds is 4. The van der Waals surface area contributed by atoms with E-state index in [4.69, 9.17) is 4.74 Å². The summed E-state index contributed by atoms with van der Waals surface area (Å²) in [6, 6.07) is 0. The Balaban J connectivity index is 1.82. The van der Waals surface area contributed by atoms with Crippen LogP contribution in [0.25, 0.3) is 0 Å². The number of aliphatic hydroxyl groups excluding tert-OH is 1. The van der Waals surface area contributed by atoms with Gasteiger partial charge in [-0.15, -0.1) is 12.6 Å². The van der Waals surface area contributed by atoms with Crippen LogP contribution >= 0.6 is 12.6 Å². The standard InChI is InChI=1S/C25H33FO5S/c1-5-6-20(29)31-25(21(30)32)14(2)11-18-17-8-7-15-12-16(27)9-10-22(15,3)24(17,26)19(28)13-23(18,25)4/h9-10,12,14,17-19,28H,5-8,11,13H2,1-4H3,(H,30,32)/t14-,17-,18-,19-,22-,23-,24-,25-/m0/s1. The quantitative estimate of drug-likeness (QED) is 0.483. The Morgan fingerprint density at radius 3 is 2.62 bits per heavy atom. The summed E-state index contributed by atoms with van der Waals surface area (Å²) in [7, 11) is 0. The number of hydrogen-bond acceptors (Lipinski definition) is 5. The van der Waals surface area contributed by atoms with Gasteiger partial charge in [0, 0.05) is 29.1 Å². The molecule has 176 valence electrons. The van der Waals surface area contributed by atoms with Gasteiger partial charge in [0.05, 0.1) is 6.10 Å². The van der Waals surface area contributed by atoms with Crippen LogP contribution in [0.5, 0.6) is 0 Å².